The normalized spacial score (nSPS) is 17.0. The summed E-state index contributed by atoms with van der Waals surface area (Å²) in [4.78, 5) is 24.2. The Balaban J connectivity index is 2.11. The Morgan fingerprint density at radius 3 is 2.83 bits per heavy atom. The van der Waals surface area contributed by atoms with Crippen LogP contribution in [0.15, 0.2) is 24.3 Å². The van der Waals surface area contributed by atoms with E-state index in [-0.39, 0.29) is 23.5 Å². The number of hydrogen-bond donors (Lipinski definition) is 1. The lowest BCUT2D eigenvalue weighted by Gasteiger charge is -2.15. The Bertz CT molecular complexity index is 789. The number of rotatable bonds is 2. The van der Waals surface area contributed by atoms with Gasteiger partial charge >= 0.3 is 6.09 Å². The predicted molar refractivity (Wildman–Crippen MR) is 93.8 cm³/mol. The van der Waals surface area contributed by atoms with Crippen LogP contribution in [-0.2, 0) is 9.53 Å². The summed E-state index contributed by atoms with van der Waals surface area (Å²) in [6.45, 7) is 3.77. The van der Waals surface area contributed by atoms with Crippen LogP contribution in [0, 0.1) is 6.92 Å². The number of carbonyl (C=O) groups excluding carboxylic acids is 2. The average Bonchev–Trinajstić information content (AvgIpc) is 2.75. The summed E-state index contributed by atoms with van der Waals surface area (Å²) < 4.78 is 6.15. The van der Waals surface area contributed by atoms with Gasteiger partial charge in [-0.3, -0.25) is 4.79 Å². The molecule has 0 bridgehead atoms. The van der Waals surface area contributed by atoms with E-state index in [2.05, 4.69) is 10.4 Å². The van der Waals surface area contributed by atoms with Crippen LogP contribution in [0.4, 0.5) is 10.6 Å². The molecule has 0 radical (unpaired) electrons. The molecular formula is C16H16ClN3O3S. The number of thioether (sulfide) groups is 1. The second kappa shape index (κ2) is 6.86. The van der Waals surface area contributed by atoms with Crippen LogP contribution in [0.25, 0.3) is 0 Å². The molecule has 6 nitrogen and oxygen atoms in total. The molecule has 3 rings (SSSR count). The highest BCUT2D eigenvalue weighted by molar-refractivity contribution is 8.00. The van der Waals surface area contributed by atoms with Crippen molar-refractivity contribution in [2.75, 3.05) is 17.7 Å². The van der Waals surface area contributed by atoms with Crippen molar-refractivity contribution >= 4 is 41.2 Å². The van der Waals surface area contributed by atoms with Gasteiger partial charge in [0.15, 0.2) is 0 Å². The number of benzene rings is 1. The first-order valence-electron chi connectivity index (χ1n) is 7.44. The molecule has 0 spiro atoms. The van der Waals surface area contributed by atoms with E-state index in [1.165, 1.54) is 11.8 Å². The molecule has 8 heteroatoms. The first-order chi connectivity index (χ1) is 11.5. The minimum atomic E-state index is -0.607. The summed E-state index contributed by atoms with van der Waals surface area (Å²) in [5.41, 5.74) is 2.47. The summed E-state index contributed by atoms with van der Waals surface area (Å²) in [5.74, 6) is 0.480. The maximum atomic E-state index is 12.1. The molecule has 0 saturated heterocycles. The van der Waals surface area contributed by atoms with Crippen molar-refractivity contribution < 1.29 is 14.3 Å². The van der Waals surface area contributed by atoms with E-state index in [1.54, 1.807) is 6.92 Å². The minimum Gasteiger partial charge on any atom is -0.448 e. The third-order valence-electron chi connectivity index (χ3n) is 3.62. The summed E-state index contributed by atoms with van der Waals surface area (Å²) in [6, 6.07) is 7.45. The fourth-order valence-electron chi connectivity index (χ4n) is 2.60. The number of nitrogens with zero attached hydrogens (tertiary/aromatic N) is 2. The smallest absolute Gasteiger partial charge is 0.436 e. The second-order valence-corrected chi connectivity index (χ2v) is 6.78. The minimum absolute atomic E-state index is 0.126. The molecule has 1 aliphatic heterocycles. The Morgan fingerprint density at radius 2 is 2.17 bits per heavy atom. The fourth-order valence-corrected chi connectivity index (χ4v) is 3.92. The van der Waals surface area contributed by atoms with Crippen LogP contribution in [0.3, 0.4) is 0 Å². The number of aromatic nitrogens is 2. The van der Waals surface area contributed by atoms with Crippen LogP contribution < -0.4 is 5.32 Å². The highest BCUT2D eigenvalue weighted by atomic mass is 35.5. The van der Waals surface area contributed by atoms with E-state index in [9.17, 15) is 9.59 Å². The van der Waals surface area contributed by atoms with Crippen molar-refractivity contribution in [1.82, 2.24) is 9.78 Å². The SMILES string of the molecule is CCOC(=O)n1nc(C)c2c1NC(=O)CS[C@@H]2c1ccc(Cl)cc1. The van der Waals surface area contributed by atoms with Gasteiger partial charge in [-0.25, -0.2) is 4.79 Å². The molecule has 1 aliphatic rings. The van der Waals surface area contributed by atoms with Crippen molar-refractivity contribution in [2.24, 2.45) is 0 Å². The molecule has 24 heavy (non-hydrogen) atoms. The van der Waals surface area contributed by atoms with Crippen molar-refractivity contribution in [1.29, 1.82) is 0 Å². The van der Waals surface area contributed by atoms with Gasteiger partial charge in [-0.15, -0.1) is 16.4 Å². The summed E-state index contributed by atoms with van der Waals surface area (Å²) in [6.07, 6.45) is -0.607. The van der Waals surface area contributed by atoms with E-state index in [0.29, 0.717) is 16.5 Å². The molecule has 0 unspecified atom stereocenters. The number of carbonyl (C=O) groups is 2. The molecule has 1 amide bonds. The highest BCUT2D eigenvalue weighted by Gasteiger charge is 2.32. The fraction of sp³-hybridized carbons (Fsp3) is 0.312. The number of ether oxygens (including phenoxy) is 1. The third-order valence-corrected chi connectivity index (χ3v) is 5.14. The molecule has 1 aromatic heterocycles. The lowest BCUT2D eigenvalue weighted by Crippen LogP contribution is -2.21. The number of fused-ring (bicyclic) bond motifs is 1. The molecular weight excluding hydrogens is 350 g/mol. The van der Waals surface area contributed by atoms with Gasteiger partial charge in [0, 0.05) is 10.6 Å². The third kappa shape index (κ3) is 3.14. The summed E-state index contributed by atoms with van der Waals surface area (Å²) in [7, 11) is 0. The molecule has 0 aliphatic carbocycles. The van der Waals surface area contributed by atoms with Crippen LogP contribution in [0.5, 0.6) is 0 Å². The van der Waals surface area contributed by atoms with Gasteiger partial charge in [0.2, 0.25) is 5.91 Å². The van der Waals surface area contributed by atoms with E-state index in [1.807, 2.05) is 31.2 Å². The highest BCUT2D eigenvalue weighted by Crippen LogP contribution is 2.43. The number of halogens is 1. The number of hydrogen-bond acceptors (Lipinski definition) is 5. The molecule has 0 fully saturated rings. The first-order valence-corrected chi connectivity index (χ1v) is 8.87. The van der Waals surface area contributed by atoms with Crippen LogP contribution in [-0.4, -0.2) is 34.1 Å². The zero-order valence-corrected chi connectivity index (χ0v) is 14.8. The number of nitrogens with one attached hydrogen (secondary N) is 1. The second-order valence-electron chi connectivity index (χ2n) is 5.25. The van der Waals surface area contributed by atoms with Gasteiger partial charge in [-0.2, -0.15) is 5.10 Å². The predicted octanol–water partition coefficient (Wildman–Crippen LogP) is 3.62. The Hall–Kier alpha value is -1.99. The van der Waals surface area contributed by atoms with Gasteiger partial charge in [0.05, 0.1) is 23.3 Å². The van der Waals surface area contributed by atoms with Crippen LogP contribution in [0.2, 0.25) is 5.02 Å². The summed E-state index contributed by atoms with van der Waals surface area (Å²) in [5, 5.41) is 7.56. The molecule has 0 saturated carbocycles. The van der Waals surface area contributed by atoms with Crippen molar-refractivity contribution in [3.63, 3.8) is 0 Å². The van der Waals surface area contributed by atoms with Gasteiger partial charge in [-0.05, 0) is 31.5 Å². The molecule has 1 aromatic carbocycles. The number of amides is 1. The van der Waals surface area contributed by atoms with Crippen LogP contribution in [0.1, 0.15) is 29.0 Å². The summed E-state index contributed by atoms with van der Waals surface area (Å²) >= 11 is 7.45. The largest absolute Gasteiger partial charge is 0.448 e. The van der Waals surface area contributed by atoms with Gasteiger partial charge in [0.1, 0.15) is 5.82 Å². The Kier molecular flexibility index (Phi) is 4.82. The zero-order valence-electron chi connectivity index (χ0n) is 13.2. The maximum absolute atomic E-state index is 12.1. The lowest BCUT2D eigenvalue weighted by atomic mass is 10.0. The van der Waals surface area contributed by atoms with Gasteiger partial charge in [0.25, 0.3) is 0 Å². The Labute approximate surface area is 148 Å². The molecule has 1 N–H and O–H groups in total. The zero-order chi connectivity index (χ0) is 17.3. The maximum Gasteiger partial charge on any atom is 0.436 e. The van der Waals surface area contributed by atoms with Crippen LogP contribution >= 0.6 is 23.4 Å². The quantitative estimate of drug-likeness (QED) is 0.879. The lowest BCUT2D eigenvalue weighted by molar-refractivity contribution is -0.113. The van der Waals surface area contributed by atoms with E-state index in [4.69, 9.17) is 16.3 Å². The molecule has 2 aromatic rings. The number of anilines is 1. The first kappa shape index (κ1) is 16.9. The molecule has 126 valence electrons. The number of aryl methyl sites for hydroxylation is 1. The van der Waals surface area contributed by atoms with Crippen molar-refractivity contribution in [2.45, 2.75) is 19.1 Å². The average molecular weight is 366 g/mol. The molecule has 1 atom stereocenters. The van der Waals surface area contributed by atoms with E-state index < -0.39 is 6.09 Å². The monoisotopic (exact) mass is 365 g/mol. The van der Waals surface area contributed by atoms with Crippen molar-refractivity contribution in [3.05, 3.63) is 46.1 Å². The van der Waals surface area contributed by atoms with Gasteiger partial charge in [-0.1, -0.05) is 23.7 Å². The standard InChI is InChI=1S/C16H16ClN3O3S/c1-3-23-16(22)20-15-13(9(2)19-20)14(24-8-12(21)18-15)10-4-6-11(17)7-5-10/h4-7,14H,3,8H2,1-2H3,(H,18,21)/t14-/m1/s1. The molecule has 2 heterocycles. The Morgan fingerprint density at radius 1 is 1.46 bits per heavy atom. The van der Waals surface area contributed by atoms with Gasteiger partial charge < -0.3 is 10.1 Å². The van der Waals surface area contributed by atoms with Crippen molar-refractivity contribution in [3.8, 4) is 0 Å². The topological polar surface area (TPSA) is 73.2 Å². The van der Waals surface area contributed by atoms with E-state index >= 15 is 0 Å². The van der Waals surface area contributed by atoms with E-state index in [0.717, 1.165) is 15.8 Å².